The molecule has 0 spiro atoms. The van der Waals surface area contributed by atoms with Crippen LogP contribution in [0.15, 0.2) is 36.4 Å². The summed E-state index contributed by atoms with van der Waals surface area (Å²) in [6, 6.07) is 11.8. The highest BCUT2D eigenvalue weighted by atomic mass is 16.6. The summed E-state index contributed by atoms with van der Waals surface area (Å²) < 4.78 is 11.1. The summed E-state index contributed by atoms with van der Waals surface area (Å²) in [5.74, 6) is 1.39. The summed E-state index contributed by atoms with van der Waals surface area (Å²) in [4.78, 5) is 12.4. The lowest BCUT2D eigenvalue weighted by Gasteiger charge is -2.19. The van der Waals surface area contributed by atoms with Crippen LogP contribution < -0.4 is 20.1 Å². The molecule has 0 unspecified atom stereocenters. The molecule has 132 valence electrons. The highest BCUT2D eigenvalue weighted by Crippen LogP contribution is 2.32. The van der Waals surface area contributed by atoms with Crippen LogP contribution in [0.4, 0.5) is 11.4 Å². The van der Waals surface area contributed by atoms with E-state index in [1.807, 2.05) is 24.3 Å². The van der Waals surface area contributed by atoms with Crippen LogP contribution in [0.2, 0.25) is 0 Å². The van der Waals surface area contributed by atoms with E-state index in [2.05, 4.69) is 36.6 Å². The number of benzene rings is 2. The van der Waals surface area contributed by atoms with Crippen molar-refractivity contribution in [2.24, 2.45) is 0 Å². The van der Waals surface area contributed by atoms with Crippen molar-refractivity contribution in [3.05, 3.63) is 47.5 Å². The van der Waals surface area contributed by atoms with E-state index in [0.717, 1.165) is 41.1 Å². The molecule has 0 bridgehead atoms. The number of ether oxygens (including phenoxy) is 2. The van der Waals surface area contributed by atoms with Crippen molar-refractivity contribution < 1.29 is 14.3 Å². The van der Waals surface area contributed by atoms with Crippen LogP contribution in [-0.2, 0) is 17.6 Å². The molecule has 5 nitrogen and oxygen atoms in total. The van der Waals surface area contributed by atoms with Crippen LogP contribution >= 0.6 is 0 Å². The Morgan fingerprint density at radius 1 is 1.00 bits per heavy atom. The average molecular weight is 340 g/mol. The van der Waals surface area contributed by atoms with Gasteiger partial charge in [0.2, 0.25) is 5.91 Å². The lowest BCUT2D eigenvalue weighted by molar-refractivity contribution is -0.114. The van der Waals surface area contributed by atoms with E-state index in [0.29, 0.717) is 19.0 Å². The number of rotatable bonds is 6. The number of nitrogens with one attached hydrogen (secondary N) is 2. The third-order valence-electron chi connectivity index (χ3n) is 4.26. The van der Waals surface area contributed by atoms with Crippen molar-refractivity contribution in [3.8, 4) is 11.5 Å². The second kappa shape index (κ2) is 7.92. The van der Waals surface area contributed by atoms with Crippen molar-refractivity contribution in [3.63, 3.8) is 0 Å². The molecule has 0 fully saturated rings. The monoisotopic (exact) mass is 340 g/mol. The summed E-state index contributed by atoms with van der Waals surface area (Å²) in [7, 11) is 0. The van der Waals surface area contributed by atoms with Crippen LogP contribution in [0.25, 0.3) is 0 Å². The minimum Gasteiger partial charge on any atom is -0.486 e. The van der Waals surface area contributed by atoms with E-state index in [9.17, 15) is 4.79 Å². The fourth-order valence-electron chi connectivity index (χ4n) is 2.92. The zero-order chi connectivity index (χ0) is 17.6. The second-order valence-electron chi connectivity index (χ2n) is 5.92. The molecule has 2 aromatic rings. The summed E-state index contributed by atoms with van der Waals surface area (Å²) in [6.45, 7) is 5.50. The van der Waals surface area contributed by atoms with Crippen LogP contribution in [-0.4, -0.2) is 25.7 Å². The zero-order valence-corrected chi connectivity index (χ0v) is 14.7. The normalized spacial score (nSPS) is 12.6. The van der Waals surface area contributed by atoms with E-state index < -0.39 is 0 Å². The van der Waals surface area contributed by atoms with Gasteiger partial charge in [0.05, 0.1) is 6.54 Å². The van der Waals surface area contributed by atoms with Gasteiger partial charge >= 0.3 is 0 Å². The Bertz CT molecular complexity index is 736. The highest BCUT2D eigenvalue weighted by molar-refractivity contribution is 5.95. The number of hydrogen-bond donors (Lipinski definition) is 2. The fourth-order valence-corrected chi connectivity index (χ4v) is 2.92. The van der Waals surface area contributed by atoms with Gasteiger partial charge in [-0.3, -0.25) is 4.79 Å². The second-order valence-corrected chi connectivity index (χ2v) is 5.92. The van der Waals surface area contributed by atoms with Gasteiger partial charge in [-0.2, -0.15) is 0 Å². The van der Waals surface area contributed by atoms with Gasteiger partial charge in [-0.15, -0.1) is 0 Å². The maximum Gasteiger partial charge on any atom is 0.243 e. The number of anilines is 2. The molecule has 0 aliphatic carbocycles. The van der Waals surface area contributed by atoms with Gasteiger partial charge < -0.3 is 20.1 Å². The Morgan fingerprint density at radius 2 is 1.68 bits per heavy atom. The standard InChI is InChI=1S/C20H24N2O3/c1-3-14-6-5-7-15(4-2)20(14)22-19(23)13-21-16-8-9-17-18(12-16)25-11-10-24-17/h5-9,12,21H,3-4,10-11,13H2,1-2H3,(H,22,23). The lowest BCUT2D eigenvalue weighted by Crippen LogP contribution is -2.23. The first-order chi connectivity index (χ1) is 12.2. The van der Waals surface area contributed by atoms with Crippen LogP contribution in [0.3, 0.4) is 0 Å². The summed E-state index contributed by atoms with van der Waals surface area (Å²) in [5.41, 5.74) is 4.10. The minimum absolute atomic E-state index is 0.0644. The summed E-state index contributed by atoms with van der Waals surface area (Å²) in [6.07, 6.45) is 1.78. The number of fused-ring (bicyclic) bond motifs is 1. The molecule has 0 radical (unpaired) electrons. The van der Waals surface area contributed by atoms with Crippen molar-refractivity contribution in [2.75, 3.05) is 30.4 Å². The molecule has 5 heteroatoms. The van der Waals surface area contributed by atoms with Crippen LogP contribution in [0.1, 0.15) is 25.0 Å². The number of carbonyl (C=O) groups is 1. The van der Waals surface area contributed by atoms with Crippen molar-refractivity contribution in [1.82, 2.24) is 0 Å². The molecule has 1 aliphatic rings. The predicted molar refractivity (Wildman–Crippen MR) is 99.7 cm³/mol. The summed E-state index contributed by atoms with van der Waals surface area (Å²) in [5, 5.41) is 6.20. The molecular formula is C20H24N2O3. The quantitative estimate of drug-likeness (QED) is 0.843. The zero-order valence-electron chi connectivity index (χ0n) is 14.7. The number of carbonyl (C=O) groups excluding carboxylic acids is 1. The van der Waals surface area contributed by atoms with E-state index in [1.165, 1.54) is 0 Å². The Morgan fingerprint density at radius 3 is 2.36 bits per heavy atom. The molecule has 2 N–H and O–H groups in total. The smallest absolute Gasteiger partial charge is 0.243 e. The fraction of sp³-hybridized carbons (Fsp3) is 0.350. The van der Waals surface area contributed by atoms with Crippen LogP contribution in [0, 0.1) is 0 Å². The van der Waals surface area contributed by atoms with E-state index in [-0.39, 0.29) is 12.5 Å². The largest absolute Gasteiger partial charge is 0.486 e. The number of aryl methyl sites for hydroxylation is 2. The molecule has 1 heterocycles. The maximum absolute atomic E-state index is 12.4. The van der Waals surface area contributed by atoms with Gasteiger partial charge in [0.25, 0.3) is 0 Å². The van der Waals surface area contributed by atoms with Gasteiger partial charge in [-0.25, -0.2) is 0 Å². The molecule has 1 aliphatic heterocycles. The minimum atomic E-state index is -0.0644. The van der Waals surface area contributed by atoms with E-state index >= 15 is 0 Å². The SMILES string of the molecule is CCc1cccc(CC)c1NC(=O)CNc1ccc2c(c1)OCCO2. The first kappa shape index (κ1) is 17.1. The number of hydrogen-bond acceptors (Lipinski definition) is 4. The van der Waals surface area contributed by atoms with Gasteiger partial charge in [-0.1, -0.05) is 32.0 Å². The van der Waals surface area contributed by atoms with Gasteiger partial charge in [0.1, 0.15) is 13.2 Å². The van der Waals surface area contributed by atoms with E-state index in [4.69, 9.17) is 9.47 Å². The molecule has 0 saturated carbocycles. The van der Waals surface area contributed by atoms with E-state index in [1.54, 1.807) is 0 Å². The molecule has 0 aromatic heterocycles. The van der Waals surface area contributed by atoms with Crippen molar-refractivity contribution >= 4 is 17.3 Å². The molecule has 1 amide bonds. The lowest BCUT2D eigenvalue weighted by atomic mass is 10.0. The van der Waals surface area contributed by atoms with Gasteiger partial charge in [-0.05, 0) is 36.1 Å². The Hall–Kier alpha value is -2.69. The van der Waals surface area contributed by atoms with Gasteiger partial charge in [0, 0.05) is 17.4 Å². The molecule has 25 heavy (non-hydrogen) atoms. The average Bonchev–Trinajstić information content (AvgIpc) is 2.66. The Kier molecular flexibility index (Phi) is 5.43. The first-order valence-corrected chi connectivity index (χ1v) is 8.75. The van der Waals surface area contributed by atoms with Gasteiger partial charge in [0.15, 0.2) is 11.5 Å². The molecule has 0 saturated heterocycles. The summed E-state index contributed by atoms with van der Waals surface area (Å²) >= 11 is 0. The predicted octanol–water partition coefficient (Wildman–Crippen LogP) is 3.63. The number of para-hydroxylation sites is 1. The Labute approximate surface area is 148 Å². The first-order valence-electron chi connectivity index (χ1n) is 8.75. The van der Waals surface area contributed by atoms with Crippen LogP contribution in [0.5, 0.6) is 11.5 Å². The molecule has 3 rings (SSSR count). The number of amides is 1. The third kappa shape index (κ3) is 4.05. The molecular weight excluding hydrogens is 316 g/mol. The third-order valence-corrected chi connectivity index (χ3v) is 4.26. The maximum atomic E-state index is 12.4. The Balaban J connectivity index is 1.64. The van der Waals surface area contributed by atoms with Crippen molar-refractivity contribution in [1.29, 1.82) is 0 Å². The van der Waals surface area contributed by atoms with Crippen molar-refractivity contribution in [2.45, 2.75) is 26.7 Å². The topological polar surface area (TPSA) is 59.6 Å². The highest BCUT2D eigenvalue weighted by Gasteiger charge is 2.13. The molecule has 2 aromatic carbocycles. The molecule has 0 atom stereocenters.